The second-order valence-corrected chi connectivity index (χ2v) is 5.28. The van der Waals surface area contributed by atoms with Gasteiger partial charge in [-0.1, -0.05) is 48.9 Å². The van der Waals surface area contributed by atoms with E-state index in [0.717, 1.165) is 23.3 Å². The molecule has 0 fully saturated rings. The number of hydrogen-bond acceptors (Lipinski definition) is 3. The van der Waals surface area contributed by atoms with Crippen LogP contribution in [-0.4, -0.2) is 13.1 Å². The van der Waals surface area contributed by atoms with Crippen LogP contribution in [0, 0.1) is 6.92 Å². The third-order valence-electron chi connectivity index (χ3n) is 3.66. The first-order valence-corrected chi connectivity index (χ1v) is 7.50. The molecule has 0 radical (unpaired) electrons. The van der Waals surface area contributed by atoms with Gasteiger partial charge in [0.15, 0.2) is 0 Å². The highest BCUT2D eigenvalue weighted by Gasteiger charge is 2.09. The van der Waals surface area contributed by atoms with Gasteiger partial charge in [-0.2, -0.15) is 0 Å². The lowest BCUT2D eigenvalue weighted by molar-refractivity contribution is -0.139. The molecule has 0 aliphatic heterocycles. The van der Waals surface area contributed by atoms with Crippen LogP contribution in [0.2, 0.25) is 0 Å². The minimum atomic E-state index is -0.239. The third-order valence-corrected chi connectivity index (χ3v) is 3.66. The molecular weight excluding hydrogens is 276 g/mol. The van der Waals surface area contributed by atoms with Crippen LogP contribution in [0.4, 0.5) is 0 Å². The molecule has 0 heterocycles. The van der Waals surface area contributed by atoms with Crippen LogP contribution in [-0.2, 0) is 29.0 Å². The smallest absolute Gasteiger partial charge is 0.309 e. The van der Waals surface area contributed by atoms with Crippen molar-refractivity contribution in [2.75, 3.05) is 7.11 Å². The Morgan fingerprint density at radius 3 is 2.45 bits per heavy atom. The van der Waals surface area contributed by atoms with Crippen molar-refractivity contribution in [3.05, 3.63) is 64.7 Å². The highest BCUT2D eigenvalue weighted by Crippen LogP contribution is 2.22. The molecular formula is C19H22O3. The Morgan fingerprint density at radius 1 is 1.05 bits per heavy atom. The Labute approximate surface area is 131 Å². The number of aryl methyl sites for hydroxylation is 2. The first-order chi connectivity index (χ1) is 10.6. The van der Waals surface area contributed by atoms with E-state index in [1.807, 2.05) is 30.3 Å². The van der Waals surface area contributed by atoms with Crippen LogP contribution >= 0.6 is 0 Å². The van der Waals surface area contributed by atoms with Gasteiger partial charge in [-0.15, -0.1) is 0 Å². The SMILES string of the molecule is CCc1cc(C)ccc1OCc1ccccc1CC(=O)OC. The van der Waals surface area contributed by atoms with Crippen molar-refractivity contribution in [2.24, 2.45) is 0 Å². The van der Waals surface area contributed by atoms with Crippen LogP contribution < -0.4 is 4.74 Å². The third kappa shape index (κ3) is 4.10. The fourth-order valence-electron chi connectivity index (χ4n) is 2.38. The molecule has 2 aromatic carbocycles. The average molecular weight is 298 g/mol. The van der Waals surface area contributed by atoms with Crippen LogP contribution in [0.5, 0.6) is 5.75 Å². The van der Waals surface area contributed by atoms with E-state index in [9.17, 15) is 4.79 Å². The summed E-state index contributed by atoms with van der Waals surface area (Å²) in [5.74, 6) is 0.665. The number of carbonyl (C=O) groups excluding carboxylic acids is 1. The molecule has 116 valence electrons. The van der Waals surface area contributed by atoms with Crippen molar-refractivity contribution in [1.29, 1.82) is 0 Å². The van der Waals surface area contributed by atoms with Crippen molar-refractivity contribution >= 4 is 5.97 Å². The first kappa shape index (κ1) is 16.1. The maximum atomic E-state index is 11.5. The summed E-state index contributed by atoms with van der Waals surface area (Å²) < 4.78 is 10.7. The van der Waals surface area contributed by atoms with Gasteiger partial charge in [-0.3, -0.25) is 4.79 Å². The Bertz CT molecular complexity index is 647. The van der Waals surface area contributed by atoms with Crippen molar-refractivity contribution < 1.29 is 14.3 Å². The molecule has 3 heteroatoms. The number of rotatable bonds is 6. The number of carbonyl (C=O) groups is 1. The van der Waals surface area contributed by atoms with Gasteiger partial charge < -0.3 is 9.47 Å². The lowest BCUT2D eigenvalue weighted by Gasteiger charge is -2.13. The monoisotopic (exact) mass is 298 g/mol. The average Bonchev–Trinajstić information content (AvgIpc) is 2.54. The van der Waals surface area contributed by atoms with Gasteiger partial charge >= 0.3 is 5.97 Å². The fourth-order valence-corrected chi connectivity index (χ4v) is 2.38. The summed E-state index contributed by atoms with van der Waals surface area (Å²) in [4.78, 5) is 11.5. The molecule has 0 saturated heterocycles. The van der Waals surface area contributed by atoms with Crippen LogP contribution in [0.25, 0.3) is 0 Å². The molecule has 22 heavy (non-hydrogen) atoms. The van der Waals surface area contributed by atoms with Gasteiger partial charge in [0.25, 0.3) is 0 Å². The van der Waals surface area contributed by atoms with E-state index in [4.69, 9.17) is 9.47 Å². The number of methoxy groups -OCH3 is 1. The van der Waals surface area contributed by atoms with Crippen molar-refractivity contribution in [1.82, 2.24) is 0 Å². The molecule has 0 unspecified atom stereocenters. The second-order valence-electron chi connectivity index (χ2n) is 5.28. The normalized spacial score (nSPS) is 10.3. The van der Waals surface area contributed by atoms with E-state index in [1.165, 1.54) is 18.2 Å². The Kier molecular flexibility index (Phi) is 5.59. The lowest BCUT2D eigenvalue weighted by atomic mass is 10.1. The van der Waals surface area contributed by atoms with Crippen molar-refractivity contribution in [2.45, 2.75) is 33.3 Å². The summed E-state index contributed by atoms with van der Waals surface area (Å²) in [6.07, 6.45) is 1.20. The van der Waals surface area contributed by atoms with Gasteiger partial charge in [-0.25, -0.2) is 0 Å². The summed E-state index contributed by atoms with van der Waals surface area (Å²) in [5, 5.41) is 0. The highest BCUT2D eigenvalue weighted by atomic mass is 16.5. The largest absolute Gasteiger partial charge is 0.489 e. The summed E-state index contributed by atoms with van der Waals surface area (Å²) in [6.45, 7) is 4.64. The zero-order valence-corrected chi connectivity index (χ0v) is 13.4. The highest BCUT2D eigenvalue weighted by molar-refractivity contribution is 5.72. The van der Waals surface area contributed by atoms with Crippen LogP contribution in [0.3, 0.4) is 0 Å². The predicted molar refractivity (Wildman–Crippen MR) is 87.1 cm³/mol. The molecule has 0 spiro atoms. The number of esters is 1. The first-order valence-electron chi connectivity index (χ1n) is 7.50. The van der Waals surface area contributed by atoms with Crippen molar-refractivity contribution in [3.8, 4) is 5.75 Å². The van der Waals surface area contributed by atoms with Gasteiger partial charge in [0.1, 0.15) is 12.4 Å². The molecule has 3 nitrogen and oxygen atoms in total. The quantitative estimate of drug-likeness (QED) is 0.760. The second kappa shape index (κ2) is 7.64. The van der Waals surface area contributed by atoms with E-state index < -0.39 is 0 Å². The summed E-state index contributed by atoms with van der Waals surface area (Å²) in [6, 6.07) is 14.0. The zero-order valence-electron chi connectivity index (χ0n) is 13.4. The Balaban J connectivity index is 2.13. The van der Waals surface area contributed by atoms with Gasteiger partial charge in [-0.05, 0) is 36.1 Å². The zero-order chi connectivity index (χ0) is 15.9. The van der Waals surface area contributed by atoms with Crippen LogP contribution in [0.15, 0.2) is 42.5 Å². The molecule has 0 amide bonds. The minimum absolute atomic E-state index is 0.239. The molecule has 0 saturated carbocycles. The minimum Gasteiger partial charge on any atom is -0.489 e. The van der Waals surface area contributed by atoms with E-state index in [0.29, 0.717) is 6.61 Å². The van der Waals surface area contributed by atoms with Gasteiger partial charge in [0.2, 0.25) is 0 Å². The van der Waals surface area contributed by atoms with E-state index in [-0.39, 0.29) is 12.4 Å². The molecule has 2 aromatic rings. The summed E-state index contributed by atoms with van der Waals surface area (Å²) in [7, 11) is 1.40. The fraction of sp³-hybridized carbons (Fsp3) is 0.316. The maximum Gasteiger partial charge on any atom is 0.309 e. The summed E-state index contributed by atoms with van der Waals surface area (Å²) >= 11 is 0. The lowest BCUT2D eigenvalue weighted by Crippen LogP contribution is -2.08. The Hall–Kier alpha value is -2.29. The predicted octanol–water partition coefficient (Wildman–Crippen LogP) is 3.85. The van der Waals surface area contributed by atoms with E-state index >= 15 is 0 Å². The van der Waals surface area contributed by atoms with Crippen molar-refractivity contribution in [3.63, 3.8) is 0 Å². The van der Waals surface area contributed by atoms with E-state index in [2.05, 4.69) is 26.0 Å². The molecule has 2 rings (SSSR count). The Morgan fingerprint density at radius 2 is 1.77 bits per heavy atom. The number of ether oxygens (including phenoxy) is 2. The van der Waals surface area contributed by atoms with Crippen LogP contribution in [0.1, 0.15) is 29.2 Å². The van der Waals surface area contributed by atoms with E-state index in [1.54, 1.807) is 0 Å². The van der Waals surface area contributed by atoms with Gasteiger partial charge in [0, 0.05) is 0 Å². The molecule has 0 N–H and O–H groups in total. The molecule has 0 aliphatic carbocycles. The molecule has 0 aromatic heterocycles. The van der Waals surface area contributed by atoms with Gasteiger partial charge in [0.05, 0.1) is 13.5 Å². The summed E-state index contributed by atoms with van der Waals surface area (Å²) in [5.41, 5.74) is 4.38. The number of hydrogen-bond donors (Lipinski definition) is 0. The molecule has 0 atom stereocenters. The molecule has 0 aliphatic rings. The number of benzene rings is 2. The topological polar surface area (TPSA) is 35.5 Å². The standard InChI is InChI=1S/C19H22O3/c1-4-15-11-14(2)9-10-18(15)22-13-17-8-6-5-7-16(17)12-19(20)21-3/h5-11H,4,12-13H2,1-3H3. The maximum absolute atomic E-state index is 11.5. The molecule has 0 bridgehead atoms.